The molecular formula is C10H12Cl2FNO2S. The standard InChI is InChI=1S/C10H12Cl2FNO2S/c11-6-1-2-7-17(15,16)14-10-8(12)4-3-5-9(10)13/h3-5,14H,1-2,6-7H2. The molecule has 0 aliphatic rings. The van der Waals surface area contributed by atoms with E-state index >= 15 is 0 Å². The molecule has 0 heterocycles. The summed E-state index contributed by atoms with van der Waals surface area (Å²) >= 11 is 11.2. The Hall–Kier alpha value is -0.520. The number of hydrogen-bond donors (Lipinski definition) is 1. The van der Waals surface area contributed by atoms with E-state index in [9.17, 15) is 12.8 Å². The van der Waals surface area contributed by atoms with Crippen LogP contribution in [0, 0.1) is 5.82 Å². The summed E-state index contributed by atoms with van der Waals surface area (Å²) in [5.74, 6) is -0.404. The second-order valence-electron chi connectivity index (χ2n) is 3.41. The monoisotopic (exact) mass is 299 g/mol. The van der Waals surface area contributed by atoms with Crippen LogP contribution in [0.15, 0.2) is 18.2 Å². The van der Waals surface area contributed by atoms with Crippen LogP contribution in [0.1, 0.15) is 12.8 Å². The zero-order valence-electron chi connectivity index (χ0n) is 8.92. The van der Waals surface area contributed by atoms with E-state index in [0.29, 0.717) is 18.7 Å². The van der Waals surface area contributed by atoms with Gasteiger partial charge in [-0.15, -0.1) is 11.6 Å². The summed E-state index contributed by atoms with van der Waals surface area (Å²) in [6.07, 6.45) is 1.01. The van der Waals surface area contributed by atoms with E-state index in [2.05, 4.69) is 4.72 Å². The average Bonchev–Trinajstić information content (AvgIpc) is 2.24. The van der Waals surface area contributed by atoms with Crippen molar-refractivity contribution >= 4 is 38.9 Å². The number of benzene rings is 1. The van der Waals surface area contributed by atoms with Crippen LogP contribution in [0.4, 0.5) is 10.1 Å². The maximum absolute atomic E-state index is 13.3. The van der Waals surface area contributed by atoms with Gasteiger partial charge in [0.15, 0.2) is 0 Å². The van der Waals surface area contributed by atoms with Crippen molar-refractivity contribution in [3.05, 3.63) is 29.0 Å². The van der Waals surface area contributed by atoms with E-state index < -0.39 is 15.8 Å². The normalized spacial score (nSPS) is 11.5. The van der Waals surface area contributed by atoms with E-state index in [0.717, 1.165) is 6.07 Å². The van der Waals surface area contributed by atoms with Crippen molar-refractivity contribution < 1.29 is 12.8 Å². The molecule has 0 saturated heterocycles. The number of para-hydroxylation sites is 1. The Kier molecular flexibility index (Phi) is 5.49. The van der Waals surface area contributed by atoms with Crippen molar-refractivity contribution in [3.63, 3.8) is 0 Å². The fourth-order valence-corrected chi connectivity index (χ4v) is 2.85. The molecule has 96 valence electrons. The van der Waals surface area contributed by atoms with Crippen LogP contribution in [0.25, 0.3) is 0 Å². The molecule has 17 heavy (non-hydrogen) atoms. The van der Waals surface area contributed by atoms with Crippen LogP contribution < -0.4 is 4.72 Å². The third kappa shape index (κ3) is 4.69. The number of nitrogens with one attached hydrogen (secondary N) is 1. The summed E-state index contributed by atoms with van der Waals surface area (Å²) < 4.78 is 38.7. The van der Waals surface area contributed by atoms with Crippen LogP contribution >= 0.6 is 23.2 Å². The van der Waals surface area contributed by atoms with Crippen molar-refractivity contribution in [3.8, 4) is 0 Å². The van der Waals surface area contributed by atoms with Gasteiger partial charge in [0.25, 0.3) is 0 Å². The third-order valence-corrected chi connectivity index (χ3v) is 3.94. The first-order valence-electron chi connectivity index (χ1n) is 4.97. The number of alkyl halides is 1. The SMILES string of the molecule is O=S(=O)(CCCCCl)Nc1c(F)cccc1Cl. The Morgan fingerprint density at radius 3 is 2.59 bits per heavy atom. The largest absolute Gasteiger partial charge is 0.279 e. The second-order valence-corrected chi connectivity index (χ2v) is 6.04. The van der Waals surface area contributed by atoms with Gasteiger partial charge in [0, 0.05) is 5.88 Å². The van der Waals surface area contributed by atoms with Crippen molar-refractivity contribution in [1.82, 2.24) is 0 Å². The van der Waals surface area contributed by atoms with Crippen molar-refractivity contribution in [1.29, 1.82) is 0 Å². The molecule has 0 unspecified atom stereocenters. The lowest BCUT2D eigenvalue weighted by Gasteiger charge is -2.09. The highest BCUT2D eigenvalue weighted by Gasteiger charge is 2.15. The van der Waals surface area contributed by atoms with Crippen LogP contribution in [-0.4, -0.2) is 20.1 Å². The molecule has 0 aromatic heterocycles. The van der Waals surface area contributed by atoms with Gasteiger partial charge < -0.3 is 0 Å². The van der Waals surface area contributed by atoms with Crippen molar-refractivity contribution in [2.45, 2.75) is 12.8 Å². The molecule has 0 radical (unpaired) electrons. The van der Waals surface area contributed by atoms with Crippen LogP contribution in [-0.2, 0) is 10.0 Å². The minimum absolute atomic E-state index is 0.0333. The molecule has 0 saturated carbocycles. The van der Waals surface area contributed by atoms with E-state index in [-0.39, 0.29) is 16.5 Å². The van der Waals surface area contributed by atoms with Crippen molar-refractivity contribution in [2.24, 2.45) is 0 Å². The average molecular weight is 300 g/mol. The number of anilines is 1. The molecule has 0 aliphatic heterocycles. The molecule has 0 atom stereocenters. The Morgan fingerprint density at radius 1 is 1.29 bits per heavy atom. The van der Waals surface area contributed by atoms with Gasteiger partial charge in [-0.3, -0.25) is 4.72 Å². The molecular weight excluding hydrogens is 288 g/mol. The molecule has 0 aliphatic carbocycles. The molecule has 1 N–H and O–H groups in total. The topological polar surface area (TPSA) is 46.2 Å². The number of halogens is 3. The maximum Gasteiger partial charge on any atom is 0.232 e. The fourth-order valence-electron chi connectivity index (χ4n) is 1.19. The summed E-state index contributed by atoms with van der Waals surface area (Å²) in [5, 5.41) is 0.0333. The zero-order chi connectivity index (χ0) is 12.9. The Balaban J connectivity index is 2.76. The minimum Gasteiger partial charge on any atom is -0.279 e. The van der Waals surface area contributed by atoms with Gasteiger partial charge in [-0.1, -0.05) is 17.7 Å². The summed E-state index contributed by atoms with van der Waals surface area (Å²) in [5.41, 5.74) is -0.208. The van der Waals surface area contributed by atoms with Gasteiger partial charge in [-0.25, -0.2) is 12.8 Å². The molecule has 1 aromatic rings. The Bertz CT molecular complexity index is 459. The molecule has 0 fully saturated rings. The van der Waals surface area contributed by atoms with Crippen LogP contribution in [0.3, 0.4) is 0 Å². The lowest BCUT2D eigenvalue weighted by atomic mass is 10.3. The first-order valence-corrected chi connectivity index (χ1v) is 7.53. The first kappa shape index (κ1) is 14.5. The van der Waals surface area contributed by atoms with E-state index in [1.54, 1.807) is 0 Å². The minimum atomic E-state index is -3.58. The number of unbranched alkanes of at least 4 members (excludes halogenated alkanes) is 1. The molecule has 0 amide bonds. The molecule has 1 rings (SSSR count). The van der Waals surface area contributed by atoms with Gasteiger partial charge in [-0.05, 0) is 25.0 Å². The Labute approximate surface area is 110 Å². The Morgan fingerprint density at radius 2 is 2.00 bits per heavy atom. The van der Waals surface area contributed by atoms with Gasteiger partial charge in [0.2, 0.25) is 10.0 Å². The predicted molar refractivity (Wildman–Crippen MR) is 68.8 cm³/mol. The second kappa shape index (κ2) is 6.42. The quantitative estimate of drug-likeness (QED) is 0.647. The first-order chi connectivity index (χ1) is 7.96. The smallest absolute Gasteiger partial charge is 0.232 e. The fraction of sp³-hybridized carbons (Fsp3) is 0.400. The van der Waals surface area contributed by atoms with Crippen LogP contribution in [0.2, 0.25) is 5.02 Å². The predicted octanol–water partition coefficient (Wildman–Crippen LogP) is 3.24. The van der Waals surface area contributed by atoms with Gasteiger partial charge in [-0.2, -0.15) is 0 Å². The lowest BCUT2D eigenvalue weighted by Crippen LogP contribution is -2.17. The van der Waals surface area contributed by atoms with Crippen LogP contribution in [0.5, 0.6) is 0 Å². The maximum atomic E-state index is 13.3. The summed E-state index contributed by atoms with van der Waals surface area (Å²) in [6.45, 7) is 0. The third-order valence-electron chi connectivity index (χ3n) is 2.02. The zero-order valence-corrected chi connectivity index (χ0v) is 11.2. The highest BCUT2D eigenvalue weighted by atomic mass is 35.5. The van der Waals surface area contributed by atoms with E-state index in [1.165, 1.54) is 12.1 Å². The summed E-state index contributed by atoms with van der Waals surface area (Å²) in [7, 11) is -3.58. The van der Waals surface area contributed by atoms with Gasteiger partial charge in [0.05, 0.1) is 10.8 Å². The van der Waals surface area contributed by atoms with Gasteiger partial charge >= 0.3 is 0 Å². The van der Waals surface area contributed by atoms with E-state index in [1.807, 2.05) is 0 Å². The lowest BCUT2D eigenvalue weighted by molar-refractivity contribution is 0.595. The molecule has 0 bridgehead atoms. The molecule has 1 aromatic carbocycles. The highest BCUT2D eigenvalue weighted by Crippen LogP contribution is 2.25. The highest BCUT2D eigenvalue weighted by molar-refractivity contribution is 7.92. The molecule has 3 nitrogen and oxygen atoms in total. The number of rotatable bonds is 6. The van der Waals surface area contributed by atoms with Gasteiger partial charge in [0.1, 0.15) is 11.5 Å². The van der Waals surface area contributed by atoms with Crippen molar-refractivity contribution in [2.75, 3.05) is 16.4 Å². The summed E-state index contributed by atoms with van der Waals surface area (Å²) in [6, 6.07) is 3.96. The van der Waals surface area contributed by atoms with E-state index in [4.69, 9.17) is 23.2 Å². The number of hydrogen-bond acceptors (Lipinski definition) is 2. The molecule has 7 heteroatoms. The number of sulfonamides is 1. The molecule has 0 spiro atoms. The summed E-state index contributed by atoms with van der Waals surface area (Å²) in [4.78, 5) is 0.